The summed E-state index contributed by atoms with van der Waals surface area (Å²) in [6, 6.07) is 7.20. The lowest BCUT2D eigenvalue weighted by molar-refractivity contribution is 0.403. The van der Waals surface area contributed by atoms with Crippen LogP contribution in [-0.2, 0) is 6.42 Å². The highest BCUT2D eigenvalue weighted by Crippen LogP contribution is 2.33. The summed E-state index contributed by atoms with van der Waals surface area (Å²) in [5, 5.41) is 5.40. The van der Waals surface area contributed by atoms with E-state index in [4.69, 9.17) is 4.74 Å². The van der Waals surface area contributed by atoms with E-state index >= 15 is 0 Å². The lowest BCUT2D eigenvalue weighted by atomic mass is 10.0. The smallest absolute Gasteiger partial charge is 0.134 e. The van der Waals surface area contributed by atoms with Crippen LogP contribution in [0.1, 0.15) is 23.4 Å². The third kappa shape index (κ3) is 3.59. The first-order valence-electron chi connectivity index (χ1n) is 6.44. The van der Waals surface area contributed by atoms with Crippen molar-refractivity contribution in [1.82, 2.24) is 5.32 Å². The van der Waals surface area contributed by atoms with Crippen LogP contribution in [0, 0.1) is 5.82 Å². The van der Waals surface area contributed by atoms with E-state index in [1.165, 1.54) is 6.07 Å². The zero-order chi connectivity index (χ0) is 14.5. The first-order chi connectivity index (χ1) is 9.65. The van der Waals surface area contributed by atoms with Crippen molar-refractivity contribution >= 4 is 27.3 Å². The third-order valence-corrected chi connectivity index (χ3v) is 4.59. The number of hydrogen-bond donors (Lipinski definition) is 1. The van der Waals surface area contributed by atoms with Gasteiger partial charge in [0.15, 0.2) is 0 Å². The monoisotopic (exact) mass is 357 g/mol. The number of methoxy groups -OCH3 is 1. The average Bonchev–Trinajstić information content (AvgIpc) is 2.89. The number of hydrogen-bond acceptors (Lipinski definition) is 3. The quantitative estimate of drug-likeness (QED) is 0.818. The maximum absolute atomic E-state index is 14.0. The van der Waals surface area contributed by atoms with Crippen LogP contribution in [0.5, 0.6) is 5.75 Å². The number of ether oxygens (including phenoxy) is 1. The fourth-order valence-electron chi connectivity index (χ4n) is 2.14. The molecule has 2 rings (SSSR count). The second-order valence-electron chi connectivity index (χ2n) is 4.40. The van der Waals surface area contributed by atoms with Crippen LogP contribution in [0.4, 0.5) is 4.39 Å². The van der Waals surface area contributed by atoms with Crippen LogP contribution in [0.15, 0.2) is 34.1 Å². The molecule has 0 amide bonds. The molecule has 1 unspecified atom stereocenters. The molecule has 2 aromatic rings. The molecule has 2 nitrogen and oxygen atoms in total. The van der Waals surface area contributed by atoms with Gasteiger partial charge in [0.1, 0.15) is 11.6 Å². The molecule has 0 saturated carbocycles. The van der Waals surface area contributed by atoms with Gasteiger partial charge < -0.3 is 10.1 Å². The zero-order valence-corrected chi connectivity index (χ0v) is 13.9. The molecular formula is C15H17BrFNOS. The van der Waals surface area contributed by atoms with Crippen molar-refractivity contribution in [3.63, 3.8) is 0 Å². The number of rotatable bonds is 6. The molecule has 0 aliphatic heterocycles. The number of likely N-dealkylation sites (N-methyl/N-ethyl adjacent to an activating group) is 1. The van der Waals surface area contributed by atoms with Gasteiger partial charge >= 0.3 is 0 Å². The van der Waals surface area contributed by atoms with E-state index < -0.39 is 0 Å². The number of nitrogens with one attached hydrogen (secondary N) is 1. The molecule has 0 aliphatic carbocycles. The normalized spacial score (nSPS) is 12.4. The molecule has 1 N–H and O–H groups in total. The molecule has 108 valence electrons. The molecule has 1 atom stereocenters. The topological polar surface area (TPSA) is 21.3 Å². The maximum Gasteiger partial charge on any atom is 0.134 e. The molecule has 0 saturated heterocycles. The van der Waals surface area contributed by atoms with Crippen molar-refractivity contribution in [2.45, 2.75) is 19.4 Å². The molecule has 0 bridgehead atoms. The van der Waals surface area contributed by atoms with Crippen LogP contribution in [0.2, 0.25) is 0 Å². The Labute approximate surface area is 131 Å². The van der Waals surface area contributed by atoms with Crippen molar-refractivity contribution in [2.24, 2.45) is 0 Å². The van der Waals surface area contributed by atoms with Gasteiger partial charge in [0.2, 0.25) is 0 Å². The summed E-state index contributed by atoms with van der Waals surface area (Å²) in [6.45, 7) is 2.87. The Hall–Kier alpha value is -0.910. The van der Waals surface area contributed by atoms with Gasteiger partial charge in [0, 0.05) is 10.5 Å². The van der Waals surface area contributed by atoms with E-state index in [-0.39, 0.29) is 11.9 Å². The van der Waals surface area contributed by atoms with Crippen LogP contribution < -0.4 is 10.1 Å². The summed E-state index contributed by atoms with van der Waals surface area (Å²) in [6.07, 6.45) is 0.601. The van der Waals surface area contributed by atoms with E-state index in [0.29, 0.717) is 12.0 Å². The molecule has 0 radical (unpaired) electrons. The maximum atomic E-state index is 14.0. The Morgan fingerprint density at radius 1 is 1.40 bits per heavy atom. The lowest BCUT2D eigenvalue weighted by Gasteiger charge is -2.18. The number of halogens is 2. The number of thiophene rings is 1. The highest BCUT2D eigenvalue weighted by molar-refractivity contribution is 9.10. The van der Waals surface area contributed by atoms with Gasteiger partial charge in [-0.3, -0.25) is 0 Å². The average molecular weight is 358 g/mol. The first kappa shape index (κ1) is 15.5. The van der Waals surface area contributed by atoms with Crippen LogP contribution in [0.25, 0.3) is 0 Å². The fourth-order valence-corrected chi connectivity index (χ4v) is 3.41. The van der Waals surface area contributed by atoms with Gasteiger partial charge in [-0.1, -0.05) is 28.9 Å². The van der Waals surface area contributed by atoms with Gasteiger partial charge in [0.05, 0.1) is 12.0 Å². The molecule has 0 spiro atoms. The van der Waals surface area contributed by atoms with E-state index in [1.807, 2.05) is 30.5 Å². The minimum absolute atomic E-state index is 0.0608. The van der Waals surface area contributed by atoms with Gasteiger partial charge in [-0.05, 0) is 42.1 Å². The van der Waals surface area contributed by atoms with Gasteiger partial charge in [-0.2, -0.15) is 0 Å². The van der Waals surface area contributed by atoms with E-state index in [0.717, 1.165) is 21.6 Å². The van der Waals surface area contributed by atoms with Gasteiger partial charge in [-0.25, -0.2) is 4.39 Å². The highest BCUT2D eigenvalue weighted by Gasteiger charge is 2.19. The van der Waals surface area contributed by atoms with Gasteiger partial charge in [0.25, 0.3) is 0 Å². The van der Waals surface area contributed by atoms with Crippen molar-refractivity contribution in [3.8, 4) is 5.75 Å². The number of benzene rings is 1. The van der Waals surface area contributed by atoms with E-state index in [9.17, 15) is 4.39 Å². The molecule has 0 fully saturated rings. The Morgan fingerprint density at radius 2 is 2.20 bits per heavy atom. The van der Waals surface area contributed by atoms with Gasteiger partial charge in [-0.15, -0.1) is 11.3 Å². The predicted octanol–water partition coefficient (Wildman–Crippen LogP) is 4.55. The van der Waals surface area contributed by atoms with Crippen molar-refractivity contribution in [2.75, 3.05) is 13.7 Å². The summed E-state index contributed by atoms with van der Waals surface area (Å²) < 4.78 is 20.1. The van der Waals surface area contributed by atoms with Crippen LogP contribution in [-0.4, -0.2) is 13.7 Å². The second kappa shape index (κ2) is 7.20. The standard InChI is InChI=1S/C15H17BrFNOS/c1-3-18-13(15-14(19-2)6-7-20-15)8-10-4-5-11(16)9-12(10)17/h4-7,9,13,18H,3,8H2,1-2H3. The van der Waals surface area contributed by atoms with Crippen molar-refractivity contribution in [1.29, 1.82) is 0 Å². The predicted molar refractivity (Wildman–Crippen MR) is 85.1 cm³/mol. The van der Waals surface area contributed by atoms with Crippen LogP contribution >= 0.6 is 27.3 Å². The zero-order valence-electron chi connectivity index (χ0n) is 11.5. The molecule has 20 heavy (non-hydrogen) atoms. The second-order valence-corrected chi connectivity index (χ2v) is 6.27. The molecule has 5 heteroatoms. The SMILES string of the molecule is CCNC(Cc1ccc(Br)cc1F)c1sccc1OC. The third-order valence-electron chi connectivity index (χ3n) is 3.08. The highest BCUT2D eigenvalue weighted by atomic mass is 79.9. The minimum atomic E-state index is -0.183. The summed E-state index contributed by atoms with van der Waals surface area (Å²) >= 11 is 4.91. The van der Waals surface area contributed by atoms with Crippen LogP contribution in [0.3, 0.4) is 0 Å². The first-order valence-corrected chi connectivity index (χ1v) is 8.11. The summed E-state index contributed by atoms with van der Waals surface area (Å²) in [7, 11) is 1.66. The Balaban J connectivity index is 2.25. The minimum Gasteiger partial charge on any atom is -0.496 e. The summed E-state index contributed by atoms with van der Waals surface area (Å²) in [5.74, 6) is 0.677. The molecule has 0 aliphatic rings. The molecular weight excluding hydrogens is 341 g/mol. The largest absolute Gasteiger partial charge is 0.496 e. The van der Waals surface area contributed by atoms with E-state index in [2.05, 4.69) is 21.2 Å². The Morgan fingerprint density at radius 3 is 2.85 bits per heavy atom. The molecule has 1 aromatic carbocycles. The van der Waals surface area contributed by atoms with Crippen molar-refractivity contribution in [3.05, 3.63) is 50.4 Å². The Kier molecular flexibility index (Phi) is 5.57. The van der Waals surface area contributed by atoms with E-state index in [1.54, 1.807) is 18.4 Å². The summed E-state index contributed by atoms with van der Waals surface area (Å²) in [5.41, 5.74) is 0.703. The Bertz CT molecular complexity index is 573. The fraction of sp³-hybridized carbons (Fsp3) is 0.333. The summed E-state index contributed by atoms with van der Waals surface area (Å²) in [4.78, 5) is 1.11. The molecule has 1 heterocycles. The molecule has 1 aromatic heterocycles. The van der Waals surface area contributed by atoms with Crippen molar-refractivity contribution < 1.29 is 9.13 Å². The lowest BCUT2D eigenvalue weighted by Crippen LogP contribution is -2.23.